The van der Waals surface area contributed by atoms with Crippen molar-refractivity contribution < 1.29 is 26.3 Å². The van der Waals surface area contributed by atoms with Crippen LogP contribution in [0.2, 0.25) is 0 Å². The van der Waals surface area contributed by atoms with E-state index in [-0.39, 0.29) is 28.7 Å². The second-order valence-electron chi connectivity index (χ2n) is 8.08. The topological polar surface area (TPSA) is 0 Å². The van der Waals surface area contributed by atoms with Crippen LogP contribution < -0.4 is 0 Å². The molecule has 5 rings (SSSR count). The number of halogens is 6. The van der Waals surface area contributed by atoms with Crippen LogP contribution in [-0.2, 0) is 12.4 Å². The van der Waals surface area contributed by atoms with Crippen LogP contribution in [0.5, 0.6) is 0 Å². The molecule has 2 atom stereocenters. The normalized spacial score (nSPS) is 22.0. The van der Waals surface area contributed by atoms with Gasteiger partial charge in [0.2, 0.25) is 0 Å². The number of hydrogen-bond donors (Lipinski definition) is 0. The van der Waals surface area contributed by atoms with Gasteiger partial charge in [-0.15, -0.1) is 0 Å². The molecule has 0 fully saturated rings. The van der Waals surface area contributed by atoms with Crippen LogP contribution in [0.25, 0.3) is 10.8 Å². The van der Waals surface area contributed by atoms with E-state index < -0.39 is 23.5 Å². The molecule has 3 aromatic carbocycles. The zero-order chi connectivity index (χ0) is 22.8. The van der Waals surface area contributed by atoms with Gasteiger partial charge in [-0.3, -0.25) is 0 Å². The molecular formula is C26H16F6. The lowest BCUT2D eigenvalue weighted by Crippen LogP contribution is -2.19. The molecule has 2 unspecified atom stereocenters. The second-order valence-corrected chi connectivity index (χ2v) is 8.08. The molecule has 0 heterocycles. The molecule has 2 aliphatic rings. The monoisotopic (exact) mass is 442 g/mol. The molecule has 162 valence electrons. The molecule has 2 aliphatic carbocycles. The van der Waals surface area contributed by atoms with E-state index in [1.54, 1.807) is 0 Å². The SMILES string of the molecule is C=C1/C=C\C=C/C2c3ccccc3C1c1cc3c(C(F)(F)F)cc(C(F)(F)F)cc3cc12. The van der Waals surface area contributed by atoms with Gasteiger partial charge in [0.1, 0.15) is 0 Å². The van der Waals surface area contributed by atoms with Gasteiger partial charge in [-0.1, -0.05) is 55.1 Å². The van der Waals surface area contributed by atoms with Gasteiger partial charge >= 0.3 is 12.4 Å². The summed E-state index contributed by atoms with van der Waals surface area (Å²) in [6.45, 7) is 4.14. The third-order valence-electron chi connectivity index (χ3n) is 6.17. The van der Waals surface area contributed by atoms with E-state index >= 15 is 0 Å². The molecule has 0 saturated heterocycles. The van der Waals surface area contributed by atoms with Gasteiger partial charge in [-0.05, 0) is 62.9 Å². The second kappa shape index (κ2) is 6.86. The molecular weight excluding hydrogens is 426 g/mol. The van der Waals surface area contributed by atoms with Crippen LogP contribution in [0.15, 0.2) is 85.0 Å². The molecule has 0 amide bonds. The number of benzene rings is 3. The van der Waals surface area contributed by atoms with Gasteiger partial charge in [-0.2, -0.15) is 26.3 Å². The first-order valence-corrected chi connectivity index (χ1v) is 9.94. The van der Waals surface area contributed by atoms with Gasteiger partial charge < -0.3 is 0 Å². The lowest BCUT2D eigenvalue weighted by Gasteiger charge is -2.34. The lowest BCUT2D eigenvalue weighted by molar-refractivity contribution is -0.142. The number of hydrogen-bond acceptors (Lipinski definition) is 0. The minimum Gasteiger partial charge on any atom is -0.166 e. The average Bonchev–Trinajstić information content (AvgIpc) is 2.83. The summed E-state index contributed by atoms with van der Waals surface area (Å²) in [6, 6.07) is 11.5. The van der Waals surface area contributed by atoms with Crippen molar-refractivity contribution in [3.63, 3.8) is 0 Å². The Morgan fingerprint density at radius 1 is 0.719 bits per heavy atom. The smallest absolute Gasteiger partial charge is 0.166 e. The summed E-state index contributed by atoms with van der Waals surface area (Å²) in [5.41, 5.74) is 1.32. The maximum absolute atomic E-state index is 13.8. The largest absolute Gasteiger partial charge is 0.417 e. The van der Waals surface area contributed by atoms with Crippen LogP contribution in [0, 0.1) is 0 Å². The fourth-order valence-electron chi connectivity index (χ4n) is 4.81. The summed E-state index contributed by atoms with van der Waals surface area (Å²) in [5.74, 6) is -0.678. The molecule has 0 spiro atoms. The number of rotatable bonds is 0. The fraction of sp³-hybridized carbons (Fsp3) is 0.154. The van der Waals surface area contributed by atoms with E-state index in [1.165, 1.54) is 12.1 Å². The standard InChI is InChI=1S/C26H16F6/c1-14-6-2-3-8-18-17-7-4-5-9-19(17)24(14)22-13-20-15(11-21(18)22)10-16(25(27,28)29)12-23(20)26(30,31)32/h2-13,18,24H,1H2/b6-2-,8-3-. The molecule has 2 bridgehead atoms. The van der Waals surface area contributed by atoms with Crippen molar-refractivity contribution in [3.8, 4) is 0 Å². The quantitative estimate of drug-likeness (QED) is 0.308. The van der Waals surface area contributed by atoms with Crippen molar-refractivity contribution in [2.24, 2.45) is 0 Å². The molecule has 32 heavy (non-hydrogen) atoms. The highest BCUT2D eigenvalue weighted by molar-refractivity contribution is 5.90. The Bertz CT molecular complexity index is 1320. The first-order chi connectivity index (χ1) is 15.1. The molecule has 0 radical (unpaired) electrons. The molecule has 3 aromatic rings. The van der Waals surface area contributed by atoms with E-state index in [1.807, 2.05) is 48.6 Å². The molecule has 0 N–H and O–H groups in total. The van der Waals surface area contributed by atoms with Gasteiger partial charge in [-0.25, -0.2) is 0 Å². The highest BCUT2D eigenvalue weighted by Crippen LogP contribution is 2.50. The predicted octanol–water partition coefficient (Wildman–Crippen LogP) is 8.14. The minimum absolute atomic E-state index is 0.0831. The summed E-state index contributed by atoms with van der Waals surface area (Å²) in [6.07, 6.45) is -2.44. The Kier molecular flexibility index (Phi) is 4.42. The van der Waals surface area contributed by atoms with Crippen molar-refractivity contribution in [1.82, 2.24) is 0 Å². The Morgan fingerprint density at radius 2 is 1.44 bits per heavy atom. The fourth-order valence-corrected chi connectivity index (χ4v) is 4.81. The van der Waals surface area contributed by atoms with E-state index in [4.69, 9.17) is 0 Å². The minimum atomic E-state index is -4.93. The van der Waals surface area contributed by atoms with E-state index in [0.29, 0.717) is 16.7 Å². The molecule has 0 aliphatic heterocycles. The molecule has 0 aromatic heterocycles. The van der Waals surface area contributed by atoms with Crippen LogP contribution in [0.3, 0.4) is 0 Å². The first-order valence-electron chi connectivity index (χ1n) is 9.94. The maximum atomic E-state index is 13.8. The Morgan fingerprint density at radius 3 is 2.12 bits per heavy atom. The van der Waals surface area contributed by atoms with Crippen LogP contribution in [0.4, 0.5) is 26.3 Å². The van der Waals surface area contributed by atoms with Gasteiger partial charge in [0, 0.05) is 11.8 Å². The van der Waals surface area contributed by atoms with Gasteiger partial charge in [0.15, 0.2) is 0 Å². The summed E-state index contributed by atoms with van der Waals surface area (Å²) in [5, 5.41) is -0.326. The third kappa shape index (κ3) is 3.17. The van der Waals surface area contributed by atoms with Crippen molar-refractivity contribution in [1.29, 1.82) is 0 Å². The van der Waals surface area contributed by atoms with Crippen molar-refractivity contribution >= 4 is 10.8 Å². The average molecular weight is 442 g/mol. The van der Waals surface area contributed by atoms with Gasteiger partial charge in [0.05, 0.1) is 11.1 Å². The van der Waals surface area contributed by atoms with E-state index in [0.717, 1.165) is 17.2 Å². The van der Waals surface area contributed by atoms with Crippen molar-refractivity contribution in [3.05, 3.63) is 118 Å². The van der Waals surface area contributed by atoms with Crippen LogP contribution in [0.1, 0.15) is 45.2 Å². The maximum Gasteiger partial charge on any atom is 0.417 e. The van der Waals surface area contributed by atoms with E-state index in [9.17, 15) is 26.3 Å². The lowest BCUT2D eigenvalue weighted by atomic mass is 9.69. The van der Waals surface area contributed by atoms with Crippen LogP contribution >= 0.6 is 0 Å². The summed E-state index contributed by atoms with van der Waals surface area (Å²) in [4.78, 5) is 0. The Labute approximate surface area is 180 Å². The Balaban J connectivity index is 1.89. The highest BCUT2D eigenvalue weighted by atomic mass is 19.4. The van der Waals surface area contributed by atoms with Crippen molar-refractivity contribution in [2.45, 2.75) is 24.2 Å². The number of allylic oxidation sites excluding steroid dienone is 5. The summed E-state index contributed by atoms with van der Waals surface area (Å²) >= 11 is 0. The number of fused-ring (bicyclic) bond motifs is 4. The zero-order valence-electron chi connectivity index (χ0n) is 16.6. The highest BCUT2D eigenvalue weighted by Gasteiger charge is 2.39. The van der Waals surface area contributed by atoms with Gasteiger partial charge in [0.25, 0.3) is 0 Å². The molecule has 6 heteroatoms. The molecule has 0 nitrogen and oxygen atoms in total. The van der Waals surface area contributed by atoms with E-state index in [2.05, 4.69) is 6.58 Å². The van der Waals surface area contributed by atoms with Crippen LogP contribution in [-0.4, -0.2) is 0 Å². The summed E-state index contributed by atoms with van der Waals surface area (Å²) in [7, 11) is 0. The predicted molar refractivity (Wildman–Crippen MR) is 112 cm³/mol. The zero-order valence-corrected chi connectivity index (χ0v) is 16.6. The summed E-state index contributed by atoms with van der Waals surface area (Å²) < 4.78 is 81.7. The van der Waals surface area contributed by atoms with Crippen molar-refractivity contribution in [2.75, 3.05) is 0 Å². The Hall–Kier alpha value is -3.28. The third-order valence-corrected chi connectivity index (χ3v) is 6.17. The first kappa shape index (κ1) is 20.6. The molecule has 0 saturated carbocycles. The number of alkyl halides is 6.